The monoisotopic (exact) mass is 309 g/mol. The SMILES string of the molecule is CCNC(CSc1ccc(F)cc1)c1c(OC)cnn1C. The van der Waals surface area contributed by atoms with E-state index in [2.05, 4.69) is 17.3 Å². The molecule has 0 radical (unpaired) electrons. The van der Waals surface area contributed by atoms with E-state index < -0.39 is 0 Å². The molecular formula is C15H20FN3OS. The van der Waals surface area contributed by atoms with E-state index in [1.165, 1.54) is 12.1 Å². The first-order valence-electron chi connectivity index (χ1n) is 6.83. The van der Waals surface area contributed by atoms with Gasteiger partial charge in [-0.05, 0) is 30.8 Å². The van der Waals surface area contributed by atoms with Gasteiger partial charge in [0.2, 0.25) is 0 Å². The third-order valence-corrected chi connectivity index (χ3v) is 4.29. The van der Waals surface area contributed by atoms with E-state index in [4.69, 9.17) is 4.74 Å². The Hall–Kier alpha value is -1.53. The Kier molecular flexibility index (Phi) is 5.64. The van der Waals surface area contributed by atoms with Gasteiger partial charge in [-0.2, -0.15) is 5.10 Å². The molecule has 0 fully saturated rings. The highest BCUT2D eigenvalue weighted by molar-refractivity contribution is 7.99. The van der Waals surface area contributed by atoms with Gasteiger partial charge in [-0.25, -0.2) is 4.39 Å². The Bertz CT molecular complexity index is 571. The van der Waals surface area contributed by atoms with Gasteiger partial charge in [0.1, 0.15) is 5.82 Å². The molecular weight excluding hydrogens is 289 g/mol. The van der Waals surface area contributed by atoms with E-state index in [-0.39, 0.29) is 11.9 Å². The highest BCUT2D eigenvalue weighted by Crippen LogP contribution is 2.29. The first-order valence-corrected chi connectivity index (χ1v) is 7.82. The Morgan fingerprint density at radius 3 is 2.71 bits per heavy atom. The number of nitrogens with zero attached hydrogens (tertiary/aromatic N) is 2. The van der Waals surface area contributed by atoms with Crippen LogP contribution < -0.4 is 10.1 Å². The molecule has 0 saturated heterocycles. The van der Waals surface area contributed by atoms with Crippen molar-refractivity contribution in [1.29, 1.82) is 0 Å². The van der Waals surface area contributed by atoms with Gasteiger partial charge in [0.05, 0.1) is 25.0 Å². The minimum absolute atomic E-state index is 0.118. The summed E-state index contributed by atoms with van der Waals surface area (Å²) in [6.07, 6.45) is 1.72. The average molecular weight is 309 g/mol. The predicted molar refractivity (Wildman–Crippen MR) is 83.3 cm³/mol. The number of hydrogen-bond acceptors (Lipinski definition) is 4. The fraction of sp³-hybridized carbons (Fsp3) is 0.400. The van der Waals surface area contributed by atoms with Crippen molar-refractivity contribution >= 4 is 11.8 Å². The first kappa shape index (κ1) is 15.9. The van der Waals surface area contributed by atoms with Crippen LogP contribution in [0.4, 0.5) is 4.39 Å². The Morgan fingerprint density at radius 2 is 2.10 bits per heavy atom. The van der Waals surface area contributed by atoms with E-state index in [0.29, 0.717) is 0 Å². The molecule has 1 N–H and O–H groups in total. The van der Waals surface area contributed by atoms with Crippen LogP contribution in [0.1, 0.15) is 18.7 Å². The smallest absolute Gasteiger partial charge is 0.161 e. The summed E-state index contributed by atoms with van der Waals surface area (Å²) in [6.45, 7) is 2.92. The maximum absolute atomic E-state index is 12.9. The predicted octanol–water partition coefficient (Wildman–Crippen LogP) is 3.01. The zero-order valence-electron chi connectivity index (χ0n) is 12.5. The topological polar surface area (TPSA) is 39.1 Å². The lowest BCUT2D eigenvalue weighted by molar-refractivity contribution is 0.399. The lowest BCUT2D eigenvalue weighted by Crippen LogP contribution is -2.25. The molecule has 0 amide bonds. The third-order valence-electron chi connectivity index (χ3n) is 3.18. The van der Waals surface area contributed by atoms with Gasteiger partial charge in [-0.3, -0.25) is 4.68 Å². The number of thioether (sulfide) groups is 1. The van der Waals surface area contributed by atoms with Crippen LogP contribution >= 0.6 is 11.8 Å². The molecule has 1 aromatic heterocycles. The van der Waals surface area contributed by atoms with Crippen LogP contribution in [-0.4, -0.2) is 29.2 Å². The number of nitrogens with one attached hydrogen (secondary N) is 1. The number of methoxy groups -OCH3 is 1. The van der Waals surface area contributed by atoms with Crippen LogP contribution in [-0.2, 0) is 7.05 Å². The van der Waals surface area contributed by atoms with Crippen molar-refractivity contribution in [3.8, 4) is 5.75 Å². The molecule has 0 aliphatic heterocycles. The lowest BCUT2D eigenvalue weighted by atomic mass is 10.2. The second-order valence-electron chi connectivity index (χ2n) is 4.60. The number of aromatic nitrogens is 2. The van der Waals surface area contributed by atoms with Gasteiger partial charge in [0.25, 0.3) is 0 Å². The Balaban J connectivity index is 2.11. The molecule has 0 spiro atoms. The van der Waals surface area contributed by atoms with Gasteiger partial charge in [-0.15, -0.1) is 11.8 Å². The maximum atomic E-state index is 12.9. The van der Waals surface area contributed by atoms with E-state index >= 15 is 0 Å². The molecule has 4 nitrogen and oxygen atoms in total. The molecule has 21 heavy (non-hydrogen) atoms. The molecule has 1 unspecified atom stereocenters. The highest BCUT2D eigenvalue weighted by atomic mass is 32.2. The molecule has 0 aliphatic carbocycles. The van der Waals surface area contributed by atoms with Crippen molar-refractivity contribution in [2.45, 2.75) is 17.9 Å². The quantitative estimate of drug-likeness (QED) is 0.798. The third kappa shape index (κ3) is 3.98. The van der Waals surface area contributed by atoms with Gasteiger partial charge in [-0.1, -0.05) is 6.92 Å². The van der Waals surface area contributed by atoms with Crippen LogP contribution in [0.2, 0.25) is 0 Å². The summed E-state index contributed by atoms with van der Waals surface area (Å²) in [6, 6.07) is 6.67. The van der Waals surface area contributed by atoms with Crippen molar-refractivity contribution in [1.82, 2.24) is 15.1 Å². The van der Waals surface area contributed by atoms with E-state index in [9.17, 15) is 4.39 Å². The molecule has 0 saturated carbocycles. The second kappa shape index (κ2) is 7.47. The summed E-state index contributed by atoms with van der Waals surface area (Å²) >= 11 is 1.68. The minimum Gasteiger partial charge on any atom is -0.493 e. The van der Waals surface area contributed by atoms with Crippen LogP contribution in [0.15, 0.2) is 35.4 Å². The van der Waals surface area contributed by atoms with Gasteiger partial charge in [0.15, 0.2) is 5.75 Å². The van der Waals surface area contributed by atoms with E-state index in [1.807, 2.05) is 11.7 Å². The number of rotatable bonds is 7. The molecule has 1 heterocycles. The fourth-order valence-corrected chi connectivity index (χ4v) is 3.14. The zero-order valence-corrected chi connectivity index (χ0v) is 13.3. The maximum Gasteiger partial charge on any atom is 0.161 e. The van der Waals surface area contributed by atoms with Crippen molar-refractivity contribution in [2.24, 2.45) is 7.05 Å². The standard InChI is InChI=1S/C15H20FN3OS/c1-4-17-13(15-14(20-3)9-18-19(15)2)10-21-12-7-5-11(16)6-8-12/h5-9,13,17H,4,10H2,1-3H3. The van der Waals surface area contributed by atoms with Crippen molar-refractivity contribution in [3.05, 3.63) is 42.0 Å². The van der Waals surface area contributed by atoms with Crippen molar-refractivity contribution in [2.75, 3.05) is 19.4 Å². The summed E-state index contributed by atoms with van der Waals surface area (Å²) < 4.78 is 20.1. The summed E-state index contributed by atoms with van der Waals surface area (Å²) in [5.41, 5.74) is 1.02. The average Bonchev–Trinajstić information content (AvgIpc) is 2.86. The molecule has 0 aliphatic rings. The second-order valence-corrected chi connectivity index (χ2v) is 5.69. The normalized spacial score (nSPS) is 12.4. The van der Waals surface area contributed by atoms with Crippen molar-refractivity contribution < 1.29 is 9.13 Å². The molecule has 6 heteroatoms. The van der Waals surface area contributed by atoms with E-state index in [0.717, 1.165) is 28.6 Å². The van der Waals surface area contributed by atoms with Crippen LogP contribution in [0.25, 0.3) is 0 Å². The molecule has 1 aromatic carbocycles. The van der Waals surface area contributed by atoms with Gasteiger partial charge in [0, 0.05) is 17.7 Å². The number of benzene rings is 1. The number of hydrogen-bond donors (Lipinski definition) is 1. The van der Waals surface area contributed by atoms with Crippen LogP contribution in [0.3, 0.4) is 0 Å². The largest absolute Gasteiger partial charge is 0.493 e. The molecule has 2 aromatic rings. The van der Waals surface area contributed by atoms with Crippen LogP contribution in [0, 0.1) is 5.82 Å². The summed E-state index contributed by atoms with van der Waals surface area (Å²) in [5, 5.41) is 7.70. The highest BCUT2D eigenvalue weighted by Gasteiger charge is 2.20. The zero-order chi connectivity index (χ0) is 15.2. The minimum atomic E-state index is -0.212. The Labute approximate surface area is 128 Å². The number of halogens is 1. The van der Waals surface area contributed by atoms with Crippen molar-refractivity contribution in [3.63, 3.8) is 0 Å². The fourth-order valence-electron chi connectivity index (χ4n) is 2.17. The van der Waals surface area contributed by atoms with Gasteiger partial charge >= 0.3 is 0 Å². The summed E-state index contributed by atoms with van der Waals surface area (Å²) in [5.74, 6) is 1.38. The Morgan fingerprint density at radius 1 is 1.38 bits per heavy atom. The van der Waals surface area contributed by atoms with Crippen LogP contribution in [0.5, 0.6) is 5.75 Å². The molecule has 2 rings (SSSR count). The summed E-state index contributed by atoms with van der Waals surface area (Å²) in [7, 11) is 3.56. The first-order chi connectivity index (χ1) is 10.2. The molecule has 0 bridgehead atoms. The van der Waals surface area contributed by atoms with Gasteiger partial charge < -0.3 is 10.1 Å². The summed E-state index contributed by atoms with van der Waals surface area (Å²) in [4.78, 5) is 1.04. The van der Waals surface area contributed by atoms with E-state index in [1.54, 1.807) is 37.2 Å². The number of aryl methyl sites for hydroxylation is 1. The lowest BCUT2D eigenvalue weighted by Gasteiger charge is -2.19. The molecule has 114 valence electrons. The molecule has 1 atom stereocenters. The number of ether oxygens (including phenoxy) is 1.